The Kier molecular flexibility index (Phi) is 7.20. The molecule has 0 aromatic rings. The molecule has 0 aromatic heterocycles. The lowest BCUT2D eigenvalue weighted by molar-refractivity contribution is 0.138. The molecular weight excluding hydrogens is 224 g/mol. The molecule has 3 heteroatoms. The van der Waals surface area contributed by atoms with Crippen LogP contribution in [0.5, 0.6) is 0 Å². The second kappa shape index (κ2) is 8.13. The molecule has 108 valence electrons. The monoisotopic (exact) mass is 256 g/mol. The lowest BCUT2D eigenvalue weighted by Crippen LogP contribution is -2.48. The number of hydrogen-bond donors (Lipinski definition) is 2. The average molecular weight is 256 g/mol. The fourth-order valence-corrected chi connectivity index (χ4v) is 3.21. The zero-order valence-corrected chi connectivity index (χ0v) is 12.5. The van der Waals surface area contributed by atoms with Gasteiger partial charge in [0, 0.05) is 11.6 Å². The van der Waals surface area contributed by atoms with Crippen LogP contribution < -0.4 is 5.32 Å². The first-order chi connectivity index (χ1) is 8.67. The smallest absolute Gasteiger partial charge is 0.0613 e. The van der Waals surface area contributed by atoms with Crippen molar-refractivity contribution in [3.05, 3.63) is 0 Å². The summed E-state index contributed by atoms with van der Waals surface area (Å²) in [6, 6.07) is 0.814. The van der Waals surface area contributed by atoms with Gasteiger partial charge >= 0.3 is 0 Å². The number of aliphatic hydroxyl groups is 1. The molecule has 1 saturated carbocycles. The van der Waals surface area contributed by atoms with Gasteiger partial charge < -0.3 is 15.3 Å². The molecule has 1 atom stereocenters. The summed E-state index contributed by atoms with van der Waals surface area (Å²) >= 11 is 0. The predicted molar refractivity (Wildman–Crippen MR) is 77.9 cm³/mol. The van der Waals surface area contributed by atoms with E-state index in [4.69, 9.17) is 0 Å². The van der Waals surface area contributed by atoms with Gasteiger partial charge in [-0.2, -0.15) is 0 Å². The van der Waals surface area contributed by atoms with Gasteiger partial charge in [-0.1, -0.05) is 26.7 Å². The molecule has 18 heavy (non-hydrogen) atoms. The summed E-state index contributed by atoms with van der Waals surface area (Å²) in [5, 5.41) is 13.1. The average Bonchev–Trinajstić information content (AvgIpc) is 2.91. The quantitative estimate of drug-likeness (QED) is 0.665. The third-order valence-electron chi connectivity index (χ3n) is 4.65. The summed E-state index contributed by atoms with van der Waals surface area (Å²) in [7, 11) is 2.26. The molecule has 0 radical (unpaired) electrons. The van der Waals surface area contributed by atoms with Gasteiger partial charge in [-0.15, -0.1) is 0 Å². The summed E-state index contributed by atoms with van der Waals surface area (Å²) in [5.74, 6) is 0. The van der Waals surface area contributed by atoms with E-state index < -0.39 is 0 Å². The van der Waals surface area contributed by atoms with Crippen molar-refractivity contribution in [2.75, 3.05) is 26.7 Å². The Labute approximate surface area is 113 Å². The van der Waals surface area contributed by atoms with Crippen LogP contribution in [0, 0.1) is 0 Å². The Morgan fingerprint density at radius 2 is 1.94 bits per heavy atom. The van der Waals surface area contributed by atoms with Crippen LogP contribution in [-0.2, 0) is 0 Å². The van der Waals surface area contributed by atoms with Gasteiger partial charge in [-0.25, -0.2) is 0 Å². The third-order valence-corrected chi connectivity index (χ3v) is 4.65. The first-order valence-electron chi connectivity index (χ1n) is 7.73. The van der Waals surface area contributed by atoms with Crippen molar-refractivity contribution in [3.63, 3.8) is 0 Å². The predicted octanol–water partition coefficient (Wildman–Crippen LogP) is 2.39. The molecule has 1 rings (SSSR count). The fourth-order valence-electron chi connectivity index (χ4n) is 3.21. The van der Waals surface area contributed by atoms with Gasteiger partial charge in [0.1, 0.15) is 0 Å². The molecule has 3 nitrogen and oxygen atoms in total. The zero-order valence-electron chi connectivity index (χ0n) is 12.5. The molecule has 0 aromatic carbocycles. The number of hydrogen-bond acceptors (Lipinski definition) is 3. The first-order valence-corrected chi connectivity index (χ1v) is 7.73. The Morgan fingerprint density at radius 1 is 1.28 bits per heavy atom. The van der Waals surface area contributed by atoms with Gasteiger partial charge in [0.25, 0.3) is 0 Å². The number of likely N-dealkylation sites (N-methyl/N-ethyl adjacent to an activating group) is 1. The second-order valence-electron chi connectivity index (χ2n) is 5.84. The number of nitrogens with zero attached hydrogens (tertiary/aromatic N) is 1. The normalized spacial score (nSPS) is 20.5. The highest BCUT2D eigenvalue weighted by molar-refractivity contribution is 4.86. The highest BCUT2D eigenvalue weighted by atomic mass is 16.3. The van der Waals surface area contributed by atoms with Gasteiger partial charge in [0.2, 0.25) is 0 Å². The van der Waals surface area contributed by atoms with Crippen LogP contribution in [0.3, 0.4) is 0 Å². The van der Waals surface area contributed by atoms with Crippen LogP contribution in [0.15, 0.2) is 0 Å². The summed E-state index contributed by atoms with van der Waals surface area (Å²) in [5.41, 5.74) is -0.0503. The lowest BCUT2D eigenvalue weighted by atomic mass is 9.91. The topological polar surface area (TPSA) is 35.5 Å². The van der Waals surface area contributed by atoms with E-state index in [2.05, 4.69) is 31.1 Å². The molecule has 0 saturated heterocycles. The Balaban J connectivity index is 2.29. The maximum atomic E-state index is 9.61. The summed E-state index contributed by atoms with van der Waals surface area (Å²) < 4.78 is 0. The maximum Gasteiger partial charge on any atom is 0.0613 e. The molecule has 1 fully saturated rings. The second-order valence-corrected chi connectivity index (χ2v) is 5.84. The van der Waals surface area contributed by atoms with Crippen molar-refractivity contribution in [1.82, 2.24) is 10.2 Å². The third kappa shape index (κ3) is 4.52. The van der Waals surface area contributed by atoms with Crippen molar-refractivity contribution in [3.8, 4) is 0 Å². The lowest BCUT2D eigenvalue weighted by Gasteiger charge is -2.33. The highest BCUT2D eigenvalue weighted by Gasteiger charge is 2.26. The Bertz CT molecular complexity index is 211. The Hall–Kier alpha value is -0.120. The molecule has 0 bridgehead atoms. The fraction of sp³-hybridized carbons (Fsp3) is 1.00. The molecule has 0 amide bonds. The molecule has 1 aliphatic rings. The van der Waals surface area contributed by atoms with E-state index in [0.717, 1.165) is 32.0 Å². The van der Waals surface area contributed by atoms with Crippen molar-refractivity contribution in [2.45, 2.75) is 70.4 Å². The minimum absolute atomic E-state index is 0.0503. The molecule has 0 spiro atoms. The highest BCUT2D eigenvalue weighted by Crippen LogP contribution is 2.23. The molecule has 1 aliphatic carbocycles. The standard InChI is InChI=1S/C15H32N2O/c1-4-15(13-18,16-5-2)11-8-12-17(3)14-9-6-7-10-14/h14,16,18H,4-13H2,1-3H3. The minimum atomic E-state index is -0.0503. The molecule has 0 aliphatic heterocycles. The number of rotatable bonds is 9. The van der Waals surface area contributed by atoms with Crippen LogP contribution in [0.2, 0.25) is 0 Å². The van der Waals surface area contributed by atoms with Crippen molar-refractivity contribution in [2.24, 2.45) is 0 Å². The minimum Gasteiger partial charge on any atom is -0.394 e. The van der Waals surface area contributed by atoms with Crippen LogP contribution in [0.1, 0.15) is 58.8 Å². The van der Waals surface area contributed by atoms with E-state index >= 15 is 0 Å². The zero-order chi connectivity index (χ0) is 13.4. The van der Waals surface area contributed by atoms with E-state index in [1.54, 1.807) is 0 Å². The van der Waals surface area contributed by atoms with E-state index in [1.165, 1.54) is 32.1 Å². The van der Waals surface area contributed by atoms with E-state index in [9.17, 15) is 5.11 Å². The van der Waals surface area contributed by atoms with Gasteiger partial charge in [0.15, 0.2) is 0 Å². The number of aliphatic hydroxyl groups excluding tert-OH is 1. The molecular formula is C15H32N2O. The van der Waals surface area contributed by atoms with Crippen LogP contribution >= 0.6 is 0 Å². The number of nitrogens with one attached hydrogen (secondary N) is 1. The molecule has 2 N–H and O–H groups in total. The Morgan fingerprint density at radius 3 is 2.44 bits per heavy atom. The van der Waals surface area contributed by atoms with Crippen LogP contribution in [0.4, 0.5) is 0 Å². The summed E-state index contributed by atoms with van der Waals surface area (Å²) in [4.78, 5) is 2.52. The van der Waals surface area contributed by atoms with Crippen molar-refractivity contribution < 1.29 is 5.11 Å². The first kappa shape index (κ1) is 15.9. The van der Waals surface area contributed by atoms with Gasteiger partial charge in [-0.3, -0.25) is 0 Å². The van der Waals surface area contributed by atoms with Gasteiger partial charge in [0.05, 0.1) is 6.61 Å². The molecule has 0 heterocycles. The van der Waals surface area contributed by atoms with Crippen molar-refractivity contribution >= 4 is 0 Å². The van der Waals surface area contributed by atoms with Crippen LogP contribution in [-0.4, -0.2) is 48.3 Å². The summed E-state index contributed by atoms with van der Waals surface area (Å²) in [6.07, 6.45) is 8.82. The maximum absolute atomic E-state index is 9.61. The van der Waals surface area contributed by atoms with Crippen LogP contribution in [0.25, 0.3) is 0 Å². The van der Waals surface area contributed by atoms with E-state index in [1.807, 2.05) is 0 Å². The molecule has 1 unspecified atom stereocenters. The van der Waals surface area contributed by atoms with Crippen molar-refractivity contribution in [1.29, 1.82) is 0 Å². The largest absolute Gasteiger partial charge is 0.394 e. The summed E-state index contributed by atoms with van der Waals surface area (Å²) in [6.45, 7) is 6.64. The van der Waals surface area contributed by atoms with Gasteiger partial charge in [-0.05, 0) is 52.2 Å². The van der Waals surface area contributed by atoms with E-state index in [-0.39, 0.29) is 12.1 Å². The SMILES string of the molecule is CCNC(CC)(CO)CCCN(C)C1CCCC1. The van der Waals surface area contributed by atoms with E-state index in [0.29, 0.717) is 0 Å².